The lowest BCUT2D eigenvalue weighted by Gasteiger charge is -2.09. The van der Waals surface area contributed by atoms with Gasteiger partial charge in [-0.15, -0.1) is 13.2 Å². The fourth-order valence-electron chi connectivity index (χ4n) is 1.82. The Morgan fingerprint density at radius 2 is 2.00 bits per heavy atom. The molecule has 1 N–H and O–H groups in total. The van der Waals surface area contributed by atoms with Gasteiger partial charge in [0.2, 0.25) is 0 Å². The van der Waals surface area contributed by atoms with Crippen molar-refractivity contribution in [3.63, 3.8) is 0 Å². The molecule has 0 bridgehead atoms. The van der Waals surface area contributed by atoms with E-state index in [2.05, 4.69) is 9.72 Å². The summed E-state index contributed by atoms with van der Waals surface area (Å²) in [5.41, 5.74) is 1.16. The Bertz CT molecular complexity index is 650. The molecular weight excluding hydrogens is 301 g/mol. The van der Waals surface area contributed by atoms with Gasteiger partial charge in [0.25, 0.3) is 0 Å². The summed E-state index contributed by atoms with van der Waals surface area (Å²) in [6.45, 7) is 1.89. The van der Waals surface area contributed by atoms with E-state index in [1.807, 2.05) is 0 Å². The molecule has 0 aliphatic heterocycles. The largest absolute Gasteiger partial charge is 0.573 e. The first kappa shape index (κ1) is 15.9. The van der Waals surface area contributed by atoms with Gasteiger partial charge >= 0.3 is 12.3 Å². The van der Waals surface area contributed by atoms with Crippen molar-refractivity contribution in [2.75, 3.05) is 0 Å². The monoisotopic (exact) mass is 314 g/mol. The van der Waals surface area contributed by atoms with Gasteiger partial charge in [0.15, 0.2) is 0 Å². The normalized spacial score (nSPS) is 12.9. The molecule has 118 valence electrons. The van der Waals surface area contributed by atoms with Crippen LogP contribution >= 0.6 is 0 Å². The van der Waals surface area contributed by atoms with Crippen LogP contribution in [0, 0.1) is 0 Å². The van der Waals surface area contributed by atoms with Crippen LogP contribution in [-0.2, 0) is 11.3 Å². The van der Waals surface area contributed by atoms with Crippen molar-refractivity contribution >= 4 is 5.97 Å². The van der Waals surface area contributed by atoms with Crippen molar-refractivity contribution in [3.8, 4) is 5.75 Å². The number of aromatic nitrogens is 2. The second kappa shape index (κ2) is 6.08. The van der Waals surface area contributed by atoms with E-state index in [4.69, 9.17) is 5.11 Å². The van der Waals surface area contributed by atoms with Gasteiger partial charge in [0.1, 0.15) is 5.75 Å². The Kier molecular flexibility index (Phi) is 4.39. The molecule has 0 saturated heterocycles. The minimum Gasteiger partial charge on any atom is -0.481 e. The smallest absolute Gasteiger partial charge is 0.481 e. The summed E-state index contributed by atoms with van der Waals surface area (Å²) >= 11 is 0. The molecule has 22 heavy (non-hydrogen) atoms. The van der Waals surface area contributed by atoms with Gasteiger partial charge in [-0.3, -0.25) is 4.79 Å². The Balaban J connectivity index is 2.04. The number of ether oxygens (including phenoxy) is 1. The van der Waals surface area contributed by atoms with Crippen LogP contribution in [0.4, 0.5) is 13.2 Å². The van der Waals surface area contributed by atoms with Crippen molar-refractivity contribution < 1.29 is 27.8 Å². The lowest BCUT2D eigenvalue weighted by Crippen LogP contribution is -2.17. The number of aliphatic carboxylic acids is 1. The molecule has 0 spiro atoms. The number of imidazole rings is 1. The molecule has 5 nitrogen and oxygen atoms in total. The van der Waals surface area contributed by atoms with Gasteiger partial charge in [-0.2, -0.15) is 0 Å². The summed E-state index contributed by atoms with van der Waals surface area (Å²) in [5, 5.41) is 8.90. The molecule has 0 aliphatic carbocycles. The number of carboxylic acids is 1. The molecule has 8 heteroatoms. The van der Waals surface area contributed by atoms with Gasteiger partial charge in [-0.25, -0.2) is 4.98 Å². The van der Waals surface area contributed by atoms with Gasteiger partial charge in [-0.05, 0) is 24.6 Å². The van der Waals surface area contributed by atoms with Crippen LogP contribution in [0.1, 0.15) is 24.1 Å². The molecule has 1 atom stereocenters. The third kappa shape index (κ3) is 4.24. The summed E-state index contributed by atoms with van der Waals surface area (Å²) in [4.78, 5) is 14.9. The minimum absolute atomic E-state index is 0.290. The van der Waals surface area contributed by atoms with Crippen molar-refractivity contribution in [1.82, 2.24) is 9.55 Å². The van der Waals surface area contributed by atoms with E-state index in [9.17, 15) is 18.0 Å². The van der Waals surface area contributed by atoms with Crippen LogP contribution in [-0.4, -0.2) is 27.0 Å². The number of carbonyl (C=O) groups is 1. The quantitative estimate of drug-likeness (QED) is 0.921. The Labute approximate surface area is 124 Å². The molecule has 2 aromatic rings. The third-order valence-electron chi connectivity index (χ3n) is 2.99. The molecule has 0 radical (unpaired) electrons. The first-order valence-corrected chi connectivity index (χ1v) is 6.34. The van der Waals surface area contributed by atoms with Crippen molar-refractivity contribution in [3.05, 3.63) is 48.0 Å². The number of hydrogen-bond donors (Lipinski definition) is 1. The van der Waals surface area contributed by atoms with Crippen LogP contribution in [0.2, 0.25) is 0 Å². The van der Waals surface area contributed by atoms with Gasteiger partial charge < -0.3 is 14.4 Å². The molecule has 2 rings (SSSR count). The molecular formula is C14H13F3N2O3. The van der Waals surface area contributed by atoms with Crippen molar-refractivity contribution in [1.29, 1.82) is 0 Å². The van der Waals surface area contributed by atoms with E-state index in [0.29, 0.717) is 12.2 Å². The number of halogens is 3. The van der Waals surface area contributed by atoms with E-state index in [0.717, 1.165) is 5.56 Å². The highest BCUT2D eigenvalue weighted by atomic mass is 19.4. The fraction of sp³-hybridized carbons (Fsp3) is 0.286. The van der Waals surface area contributed by atoms with E-state index in [1.54, 1.807) is 10.8 Å². The predicted molar refractivity (Wildman–Crippen MR) is 70.5 cm³/mol. The van der Waals surface area contributed by atoms with Crippen molar-refractivity contribution in [2.45, 2.75) is 25.7 Å². The number of nitrogens with zero attached hydrogens (tertiary/aromatic N) is 2. The predicted octanol–water partition coefficient (Wildman–Crippen LogP) is 3.02. The van der Waals surface area contributed by atoms with Crippen molar-refractivity contribution in [2.24, 2.45) is 0 Å². The van der Waals surface area contributed by atoms with Crippen LogP contribution in [0.25, 0.3) is 0 Å². The average molecular weight is 314 g/mol. The zero-order valence-corrected chi connectivity index (χ0v) is 11.5. The fourth-order valence-corrected chi connectivity index (χ4v) is 1.82. The highest BCUT2D eigenvalue weighted by Crippen LogP contribution is 2.23. The summed E-state index contributed by atoms with van der Waals surface area (Å²) in [6, 6.07) is 5.45. The first-order chi connectivity index (χ1) is 10.2. The maximum atomic E-state index is 12.0. The molecule has 0 fully saturated rings. The van der Waals surface area contributed by atoms with Gasteiger partial charge in [0.05, 0.1) is 17.9 Å². The van der Waals surface area contributed by atoms with Gasteiger partial charge in [0, 0.05) is 12.7 Å². The molecule has 1 heterocycles. The van der Waals surface area contributed by atoms with Crippen LogP contribution in [0.5, 0.6) is 5.75 Å². The maximum absolute atomic E-state index is 12.0. The zero-order valence-electron chi connectivity index (χ0n) is 11.5. The highest BCUT2D eigenvalue weighted by Gasteiger charge is 2.30. The zero-order chi connectivity index (χ0) is 16.3. The summed E-state index contributed by atoms with van der Waals surface area (Å²) < 4.78 is 41.6. The molecule has 1 unspecified atom stereocenters. The molecule has 1 aromatic heterocycles. The number of benzene rings is 1. The summed E-state index contributed by atoms with van der Waals surface area (Å²) in [6.07, 6.45) is -1.64. The lowest BCUT2D eigenvalue weighted by atomic mass is 10.1. The number of rotatable bonds is 5. The number of alkyl halides is 3. The number of carboxylic acid groups (broad SMARTS) is 1. The first-order valence-electron chi connectivity index (χ1n) is 6.34. The van der Waals surface area contributed by atoms with E-state index >= 15 is 0 Å². The standard InChI is InChI=1S/C14H13F3N2O3/c1-9(13(20)21)12-7-19(8-18-12)6-10-2-4-11(5-3-10)22-14(15,16)17/h2-5,7-9H,6H2,1H3,(H,20,21). The molecule has 0 amide bonds. The Morgan fingerprint density at radius 3 is 2.55 bits per heavy atom. The van der Waals surface area contributed by atoms with E-state index in [1.165, 1.54) is 37.5 Å². The maximum Gasteiger partial charge on any atom is 0.573 e. The Morgan fingerprint density at radius 1 is 1.36 bits per heavy atom. The molecule has 0 saturated carbocycles. The number of hydrogen-bond acceptors (Lipinski definition) is 3. The van der Waals surface area contributed by atoms with Gasteiger partial charge in [-0.1, -0.05) is 12.1 Å². The summed E-state index contributed by atoms with van der Waals surface area (Å²) in [5.74, 6) is -1.98. The van der Waals surface area contributed by atoms with Crippen LogP contribution in [0.15, 0.2) is 36.8 Å². The van der Waals surface area contributed by atoms with E-state index < -0.39 is 18.2 Å². The SMILES string of the molecule is CC(C(=O)O)c1cn(Cc2ccc(OC(F)(F)F)cc2)cn1. The molecule has 1 aromatic carbocycles. The second-order valence-corrected chi connectivity index (χ2v) is 4.72. The average Bonchev–Trinajstić information content (AvgIpc) is 2.87. The topological polar surface area (TPSA) is 64.3 Å². The van der Waals surface area contributed by atoms with Crippen LogP contribution in [0.3, 0.4) is 0 Å². The molecule has 0 aliphatic rings. The summed E-state index contributed by atoms with van der Waals surface area (Å²) in [7, 11) is 0. The minimum atomic E-state index is -4.71. The second-order valence-electron chi connectivity index (χ2n) is 4.72. The third-order valence-corrected chi connectivity index (χ3v) is 2.99. The van der Waals surface area contributed by atoms with Crippen LogP contribution < -0.4 is 4.74 Å². The highest BCUT2D eigenvalue weighted by molar-refractivity contribution is 5.74. The Hall–Kier alpha value is -2.51. The lowest BCUT2D eigenvalue weighted by molar-refractivity contribution is -0.274. The van der Waals surface area contributed by atoms with E-state index in [-0.39, 0.29) is 5.75 Å².